The zero-order valence-corrected chi connectivity index (χ0v) is 10.2. The van der Waals surface area contributed by atoms with Crippen LogP contribution in [-0.4, -0.2) is 20.9 Å². The zero-order chi connectivity index (χ0) is 15.6. The highest BCUT2D eigenvalue weighted by Gasteiger charge is 2.23. The van der Waals surface area contributed by atoms with Crippen LogP contribution >= 0.6 is 0 Å². The second-order valence-corrected chi connectivity index (χ2v) is 3.78. The molecule has 1 aromatic heterocycles. The Bertz CT molecular complexity index is 737. The van der Waals surface area contributed by atoms with E-state index in [1.165, 1.54) is 6.07 Å². The minimum atomic E-state index is -0.965. The van der Waals surface area contributed by atoms with Gasteiger partial charge in [-0.05, 0) is 12.1 Å². The average molecular weight is 293 g/mol. The molecule has 2 aromatic rings. The predicted molar refractivity (Wildman–Crippen MR) is 68.1 cm³/mol. The van der Waals surface area contributed by atoms with Gasteiger partial charge in [0.05, 0.1) is 11.0 Å². The van der Waals surface area contributed by atoms with Crippen LogP contribution in [0.3, 0.4) is 0 Å². The van der Waals surface area contributed by atoms with Crippen LogP contribution in [0.5, 0.6) is 5.75 Å². The number of nitro benzene ring substituents is 1. The molecule has 0 saturated heterocycles. The summed E-state index contributed by atoms with van der Waals surface area (Å²) >= 11 is 0. The minimum absolute atomic E-state index is 0.417. The SMILES string of the molecule is O=C(Nc1c(O)cccc1[N+](=O)[O-])c1ccc([N+](=O)[O-])o1. The highest BCUT2D eigenvalue weighted by atomic mass is 16.6. The van der Waals surface area contributed by atoms with E-state index in [0.29, 0.717) is 0 Å². The fraction of sp³-hybridized carbons (Fsp3) is 0. The second kappa shape index (κ2) is 5.28. The molecule has 21 heavy (non-hydrogen) atoms. The number of anilines is 1. The molecule has 0 radical (unpaired) electrons. The van der Waals surface area contributed by atoms with Crippen LogP contribution in [0.2, 0.25) is 0 Å². The Balaban J connectivity index is 2.31. The number of phenols is 1. The highest BCUT2D eigenvalue weighted by Crippen LogP contribution is 2.33. The fourth-order valence-electron chi connectivity index (χ4n) is 1.53. The maximum Gasteiger partial charge on any atom is 0.433 e. The summed E-state index contributed by atoms with van der Waals surface area (Å²) in [7, 11) is 0. The quantitative estimate of drug-likeness (QED) is 0.497. The number of nitrogens with zero attached hydrogens (tertiary/aromatic N) is 2. The van der Waals surface area contributed by atoms with Crippen LogP contribution in [0, 0.1) is 20.2 Å². The number of phenolic OH excluding ortho intramolecular Hbond substituents is 1. The van der Waals surface area contributed by atoms with Crippen molar-refractivity contribution in [2.24, 2.45) is 0 Å². The van der Waals surface area contributed by atoms with E-state index in [1.54, 1.807) is 0 Å². The summed E-state index contributed by atoms with van der Waals surface area (Å²) in [5.41, 5.74) is -0.948. The van der Waals surface area contributed by atoms with Gasteiger partial charge in [-0.25, -0.2) is 0 Å². The number of furan rings is 1. The summed E-state index contributed by atoms with van der Waals surface area (Å²) in [6.45, 7) is 0. The standard InChI is InChI=1S/C11H7N3O7/c15-7-3-1-2-6(13(17)18)10(7)12-11(16)8-4-5-9(21-8)14(19)20/h1-5,15H,(H,12,16). The van der Waals surface area contributed by atoms with Gasteiger partial charge in [-0.15, -0.1) is 0 Å². The Morgan fingerprint density at radius 2 is 1.86 bits per heavy atom. The largest absolute Gasteiger partial charge is 0.505 e. The van der Waals surface area contributed by atoms with Crippen molar-refractivity contribution in [1.29, 1.82) is 0 Å². The monoisotopic (exact) mass is 293 g/mol. The predicted octanol–water partition coefficient (Wildman–Crippen LogP) is 2.05. The van der Waals surface area contributed by atoms with Crippen molar-refractivity contribution >= 4 is 23.2 Å². The van der Waals surface area contributed by atoms with Gasteiger partial charge in [0.1, 0.15) is 10.7 Å². The van der Waals surface area contributed by atoms with E-state index in [0.717, 1.165) is 24.3 Å². The van der Waals surface area contributed by atoms with Crippen molar-refractivity contribution in [3.63, 3.8) is 0 Å². The third-order valence-electron chi connectivity index (χ3n) is 2.45. The summed E-state index contributed by atoms with van der Waals surface area (Å²) in [6.07, 6.45) is 0. The van der Waals surface area contributed by atoms with Gasteiger partial charge < -0.3 is 14.8 Å². The molecule has 1 aromatic carbocycles. The number of rotatable bonds is 4. The summed E-state index contributed by atoms with van der Waals surface area (Å²) in [5.74, 6) is -2.54. The van der Waals surface area contributed by atoms with E-state index >= 15 is 0 Å². The number of benzene rings is 1. The van der Waals surface area contributed by atoms with E-state index in [2.05, 4.69) is 9.73 Å². The molecule has 0 aliphatic rings. The van der Waals surface area contributed by atoms with Gasteiger partial charge in [0, 0.05) is 6.07 Å². The molecule has 2 N–H and O–H groups in total. The molecule has 0 atom stereocenters. The zero-order valence-electron chi connectivity index (χ0n) is 10.2. The Hall–Kier alpha value is -3.43. The van der Waals surface area contributed by atoms with Gasteiger partial charge in [0.25, 0.3) is 11.6 Å². The summed E-state index contributed by atoms with van der Waals surface area (Å²) in [6, 6.07) is 5.47. The van der Waals surface area contributed by atoms with Crippen molar-refractivity contribution in [2.45, 2.75) is 0 Å². The Kier molecular flexibility index (Phi) is 3.52. The lowest BCUT2D eigenvalue weighted by Crippen LogP contribution is -2.12. The lowest BCUT2D eigenvalue weighted by molar-refractivity contribution is -0.402. The number of carbonyl (C=O) groups excluding carboxylic acids is 1. The molecule has 0 aliphatic carbocycles. The maximum atomic E-state index is 11.8. The number of amides is 1. The maximum absolute atomic E-state index is 11.8. The minimum Gasteiger partial charge on any atom is -0.505 e. The van der Waals surface area contributed by atoms with E-state index in [4.69, 9.17) is 0 Å². The Labute approximate surface area is 115 Å². The van der Waals surface area contributed by atoms with Gasteiger partial charge >= 0.3 is 5.88 Å². The molecular formula is C11H7N3O7. The smallest absolute Gasteiger partial charge is 0.433 e. The molecular weight excluding hydrogens is 286 g/mol. The van der Waals surface area contributed by atoms with Gasteiger partial charge in [-0.1, -0.05) is 6.07 Å². The highest BCUT2D eigenvalue weighted by molar-refractivity contribution is 6.04. The van der Waals surface area contributed by atoms with Crippen molar-refractivity contribution in [1.82, 2.24) is 0 Å². The normalized spacial score (nSPS) is 10.1. The Morgan fingerprint density at radius 1 is 1.14 bits per heavy atom. The van der Waals surface area contributed by atoms with Gasteiger partial charge in [0.15, 0.2) is 11.4 Å². The first kappa shape index (κ1) is 14.0. The number of hydrogen-bond donors (Lipinski definition) is 2. The van der Waals surface area contributed by atoms with Gasteiger partial charge in [-0.2, -0.15) is 0 Å². The van der Waals surface area contributed by atoms with Crippen LogP contribution < -0.4 is 5.32 Å². The number of para-hydroxylation sites is 1. The van der Waals surface area contributed by atoms with Crippen LogP contribution in [0.15, 0.2) is 34.7 Å². The van der Waals surface area contributed by atoms with E-state index < -0.39 is 44.5 Å². The lowest BCUT2D eigenvalue weighted by Gasteiger charge is -2.05. The van der Waals surface area contributed by atoms with E-state index in [9.17, 15) is 30.1 Å². The molecule has 10 nitrogen and oxygen atoms in total. The topological polar surface area (TPSA) is 149 Å². The molecule has 0 spiro atoms. The molecule has 2 rings (SSSR count). The summed E-state index contributed by atoms with van der Waals surface area (Å²) < 4.78 is 4.66. The number of nitrogens with one attached hydrogen (secondary N) is 1. The number of aromatic hydroxyl groups is 1. The van der Waals surface area contributed by atoms with E-state index in [-0.39, 0.29) is 0 Å². The number of nitro groups is 2. The summed E-state index contributed by atoms with van der Waals surface area (Å²) in [4.78, 5) is 31.4. The first-order chi connectivity index (χ1) is 9.90. The van der Waals surface area contributed by atoms with Crippen LogP contribution in [0.25, 0.3) is 0 Å². The van der Waals surface area contributed by atoms with Crippen LogP contribution in [-0.2, 0) is 0 Å². The molecule has 0 fully saturated rings. The molecule has 0 aliphatic heterocycles. The van der Waals surface area contributed by atoms with E-state index in [1.807, 2.05) is 0 Å². The van der Waals surface area contributed by atoms with Crippen molar-refractivity contribution in [2.75, 3.05) is 5.32 Å². The molecule has 1 heterocycles. The molecule has 0 bridgehead atoms. The van der Waals surface area contributed by atoms with Crippen molar-refractivity contribution in [3.05, 3.63) is 56.3 Å². The van der Waals surface area contributed by atoms with Gasteiger partial charge in [0.2, 0.25) is 0 Å². The third kappa shape index (κ3) is 2.78. The average Bonchev–Trinajstić information content (AvgIpc) is 2.90. The van der Waals surface area contributed by atoms with Gasteiger partial charge in [-0.3, -0.25) is 25.0 Å². The van der Waals surface area contributed by atoms with Crippen LogP contribution in [0.1, 0.15) is 10.6 Å². The first-order valence-electron chi connectivity index (χ1n) is 5.42. The van der Waals surface area contributed by atoms with Crippen LogP contribution in [0.4, 0.5) is 17.3 Å². The summed E-state index contributed by atoms with van der Waals surface area (Å²) in [5, 5.41) is 32.9. The molecule has 0 unspecified atom stereocenters. The molecule has 108 valence electrons. The third-order valence-corrected chi connectivity index (χ3v) is 2.45. The number of hydrogen-bond acceptors (Lipinski definition) is 7. The first-order valence-corrected chi connectivity index (χ1v) is 5.42. The lowest BCUT2D eigenvalue weighted by atomic mass is 10.2. The molecule has 10 heteroatoms. The number of carbonyl (C=O) groups is 1. The molecule has 1 amide bonds. The molecule has 0 saturated carbocycles. The second-order valence-electron chi connectivity index (χ2n) is 3.78. The fourth-order valence-corrected chi connectivity index (χ4v) is 1.53. The Morgan fingerprint density at radius 3 is 2.43 bits per heavy atom. The van der Waals surface area contributed by atoms with Crippen molar-refractivity contribution < 1.29 is 24.2 Å². The van der Waals surface area contributed by atoms with Crippen molar-refractivity contribution in [3.8, 4) is 5.75 Å².